The standard InChI is InChI=1S/C20H21ClN2O7S/c1-28-20(25)15-4-2-3-5-17(15)22-19(24)13-30-18-7-6-14(12-16(18)21)31(26,27)23-8-10-29-11-9-23/h2-7,12H,8-11,13H2,1H3,(H,22,24). The molecule has 0 atom stereocenters. The third kappa shape index (κ3) is 5.53. The number of rotatable bonds is 7. The highest BCUT2D eigenvalue weighted by molar-refractivity contribution is 7.89. The smallest absolute Gasteiger partial charge is 0.339 e. The monoisotopic (exact) mass is 468 g/mol. The number of methoxy groups -OCH3 is 1. The summed E-state index contributed by atoms with van der Waals surface area (Å²) in [5.74, 6) is -0.964. The third-order valence-electron chi connectivity index (χ3n) is 4.48. The van der Waals surface area contributed by atoms with Gasteiger partial charge in [-0.2, -0.15) is 4.31 Å². The number of sulfonamides is 1. The van der Waals surface area contributed by atoms with E-state index in [1.807, 2.05) is 0 Å². The molecule has 9 nitrogen and oxygen atoms in total. The van der Waals surface area contributed by atoms with Gasteiger partial charge in [0.15, 0.2) is 6.61 Å². The number of esters is 1. The molecule has 1 heterocycles. The van der Waals surface area contributed by atoms with Gasteiger partial charge in [0.25, 0.3) is 5.91 Å². The number of anilines is 1. The lowest BCUT2D eigenvalue weighted by molar-refractivity contribution is -0.118. The molecule has 0 saturated carbocycles. The van der Waals surface area contributed by atoms with Crippen molar-refractivity contribution in [2.24, 2.45) is 0 Å². The van der Waals surface area contributed by atoms with E-state index in [4.69, 9.17) is 21.1 Å². The van der Waals surface area contributed by atoms with Gasteiger partial charge in [-0.05, 0) is 30.3 Å². The molecule has 3 rings (SSSR count). The average Bonchev–Trinajstić information content (AvgIpc) is 2.78. The van der Waals surface area contributed by atoms with Crippen molar-refractivity contribution >= 4 is 39.2 Å². The Bertz CT molecular complexity index is 1070. The minimum Gasteiger partial charge on any atom is -0.482 e. The summed E-state index contributed by atoms with van der Waals surface area (Å²) in [5.41, 5.74) is 0.482. The van der Waals surface area contributed by atoms with Crippen LogP contribution < -0.4 is 10.1 Å². The van der Waals surface area contributed by atoms with Crippen molar-refractivity contribution in [3.63, 3.8) is 0 Å². The van der Waals surface area contributed by atoms with Crippen LogP contribution in [0.2, 0.25) is 5.02 Å². The number of nitrogens with zero attached hydrogens (tertiary/aromatic N) is 1. The molecular formula is C20H21ClN2O7S. The van der Waals surface area contributed by atoms with Gasteiger partial charge in [-0.1, -0.05) is 23.7 Å². The number of hydrogen-bond acceptors (Lipinski definition) is 7. The van der Waals surface area contributed by atoms with Crippen LogP contribution in [-0.2, 0) is 24.3 Å². The Morgan fingerprint density at radius 1 is 1.16 bits per heavy atom. The number of ether oxygens (including phenoxy) is 3. The van der Waals surface area contributed by atoms with Crippen LogP contribution in [0.1, 0.15) is 10.4 Å². The first kappa shape index (κ1) is 23.0. The number of carbonyl (C=O) groups is 2. The van der Waals surface area contributed by atoms with E-state index in [9.17, 15) is 18.0 Å². The summed E-state index contributed by atoms with van der Waals surface area (Å²) in [4.78, 5) is 24.1. The Labute approximate surface area is 184 Å². The summed E-state index contributed by atoms with van der Waals surface area (Å²) < 4.78 is 42.0. The highest BCUT2D eigenvalue weighted by Crippen LogP contribution is 2.29. The van der Waals surface area contributed by atoms with E-state index in [1.165, 1.54) is 35.7 Å². The molecule has 0 aromatic heterocycles. The average molecular weight is 469 g/mol. The number of nitrogens with one attached hydrogen (secondary N) is 1. The maximum absolute atomic E-state index is 12.7. The lowest BCUT2D eigenvalue weighted by Crippen LogP contribution is -2.40. The highest BCUT2D eigenvalue weighted by Gasteiger charge is 2.27. The zero-order chi connectivity index (χ0) is 22.4. The molecule has 1 saturated heterocycles. The molecule has 1 aliphatic rings. The normalized spacial score (nSPS) is 14.6. The Hall–Kier alpha value is -2.66. The number of hydrogen-bond donors (Lipinski definition) is 1. The van der Waals surface area contributed by atoms with Crippen molar-refractivity contribution in [2.75, 3.05) is 45.3 Å². The number of amides is 1. The van der Waals surface area contributed by atoms with Gasteiger partial charge in [-0.3, -0.25) is 4.79 Å². The molecule has 0 unspecified atom stereocenters. The van der Waals surface area contributed by atoms with E-state index in [1.54, 1.807) is 18.2 Å². The van der Waals surface area contributed by atoms with E-state index in [2.05, 4.69) is 10.1 Å². The molecule has 0 aliphatic carbocycles. The van der Waals surface area contributed by atoms with Gasteiger partial charge in [0.1, 0.15) is 5.75 Å². The van der Waals surface area contributed by atoms with Crippen LogP contribution in [0.5, 0.6) is 5.75 Å². The van der Waals surface area contributed by atoms with Crippen molar-refractivity contribution in [2.45, 2.75) is 4.90 Å². The lowest BCUT2D eigenvalue weighted by Gasteiger charge is -2.26. The number of benzene rings is 2. The quantitative estimate of drug-likeness (QED) is 0.620. The minimum atomic E-state index is -3.70. The van der Waals surface area contributed by atoms with Crippen LogP contribution in [0.3, 0.4) is 0 Å². The minimum absolute atomic E-state index is 0.0307. The predicted octanol–water partition coefficient (Wildman–Crippen LogP) is 2.17. The molecule has 0 radical (unpaired) electrons. The van der Waals surface area contributed by atoms with E-state index < -0.39 is 28.5 Å². The maximum Gasteiger partial charge on any atom is 0.339 e. The summed E-state index contributed by atoms with van der Waals surface area (Å²) in [6, 6.07) is 10.4. The van der Waals surface area contributed by atoms with Crippen LogP contribution >= 0.6 is 11.6 Å². The van der Waals surface area contributed by atoms with Crippen molar-refractivity contribution in [3.05, 3.63) is 53.1 Å². The molecule has 11 heteroatoms. The maximum atomic E-state index is 12.7. The van der Waals surface area contributed by atoms with Crippen LogP contribution in [-0.4, -0.2) is 64.6 Å². The summed E-state index contributed by atoms with van der Waals surface area (Å²) in [6.07, 6.45) is 0. The lowest BCUT2D eigenvalue weighted by atomic mass is 10.2. The van der Waals surface area contributed by atoms with Gasteiger partial charge >= 0.3 is 5.97 Å². The van der Waals surface area contributed by atoms with Gasteiger partial charge in [0.05, 0.1) is 41.5 Å². The molecule has 1 N–H and O–H groups in total. The fourth-order valence-electron chi connectivity index (χ4n) is 2.90. The Morgan fingerprint density at radius 3 is 2.55 bits per heavy atom. The van der Waals surface area contributed by atoms with Crippen molar-refractivity contribution in [1.82, 2.24) is 4.31 Å². The zero-order valence-electron chi connectivity index (χ0n) is 16.7. The Kier molecular flexibility index (Phi) is 7.50. The van der Waals surface area contributed by atoms with Crippen LogP contribution in [0.25, 0.3) is 0 Å². The molecule has 1 amide bonds. The highest BCUT2D eigenvalue weighted by atomic mass is 35.5. The third-order valence-corrected chi connectivity index (χ3v) is 6.67. The van der Waals surface area contributed by atoms with Crippen molar-refractivity contribution < 1.29 is 32.2 Å². The van der Waals surface area contributed by atoms with Crippen molar-refractivity contribution in [1.29, 1.82) is 0 Å². The Morgan fingerprint density at radius 2 is 1.87 bits per heavy atom. The van der Waals surface area contributed by atoms with Gasteiger partial charge in [-0.15, -0.1) is 0 Å². The first-order valence-electron chi connectivity index (χ1n) is 9.30. The first-order chi connectivity index (χ1) is 14.8. The summed E-state index contributed by atoms with van der Waals surface area (Å²) >= 11 is 6.18. The van der Waals surface area contributed by atoms with E-state index in [-0.39, 0.29) is 40.0 Å². The number of carbonyl (C=O) groups excluding carboxylic acids is 2. The second kappa shape index (κ2) is 10.1. The fraction of sp³-hybridized carbons (Fsp3) is 0.300. The molecule has 1 aliphatic heterocycles. The van der Waals surface area contributed by atoms with Gasteiger partial charge in [0, 0.05) is 13.1 Å². The second-order valence-corrected chi connectivity index (χ2v) is 8.83. The molecular weight excluding hydrogens is 448 g/mol. The number of morpholine rings is 1. The molecule has 2 aromatic rings. The summed E-state index contributed by atoms with van der Waals surface area (Å²) in [7, 11) is -2.45. The van der Waals surface area contributed by atoms with Crippen LogP contribution in [0.4, 0.5) is 5.69 Å². The Balaban J connectivity index is 1.65. The van der Waals surface area contributed by atoms with Gasteiger partial charge in [-0.25, -0.2) is 13.2 Å². The molecule has 166 valence electrons. The van der Waals surface area contributed by atoms with Crippen molar-refractivity contribution in [3.8, 4) is 5.75 Å². The number of para-hydroxylation sites is 1. The molecule has 2 aromatic carbocycles. The van der Waals surface area contributed by atoms with E-state index in [0.29, 0.717) is 13.2 Å². The zero-order valence-corrected chi connectivity index (χ0v) is 18.2. The molecule has 0 spiro atoms. The SMILES string of the molecule is COC(=O)c1ccccc1NC(=O)COc1ccc(S(=O)(=O)N2CCOCC2)cc1Cl. The predicted molar refractivity (Wildman–Crippen MR) is 113 cm³/mol. The second-order valence-electron chi connectivity index (χ2n) is 6.48. The van der Waals surface area contributed by atoms with Crippen LogP contribution in [0.15, 0.2) is 47.4 Å². The van der Waals surface area contributed by atoms with E-state index >= 15 is 0 Å². The van der Waals surface area contributed by atoms with Gasteiger partial charge < -0.3 is 19.5 Å². The number of halogens is 1. The molecule has 0 bridgehead atoms. The van der Waals surface area contributed by atoms with Gasteiger partial charge in [0.2, 0.25) is 10.0 Å². The van der Waals surface area contributed by atoms with E-state index in [0.717, 1.165) is 0 Å². The first-order valence-corrected chi connectivity index (χ1v) is 11.1. The topological polar surface area (TPSA) is 111 Å². The largest absolute Gasteiger partial charge is 0.482 e. The summed E-state index contributed by atoms with van der Waals surface area (Å²) in [6.45, 7) is 0.812. The molecule has 1 fully saturated rings. The summed E-state index contributed by atoms with van der Waals surface area (Å²) in [5, 5.41) is 2.62. The molecule has 31 heavy (non-hydrogen) atoms. The fourth-order valence-corrected chi connectivity index (χ4v) is 4.64. The van der Waals surface area contributed by atoms with Crippen LogP contribution in [0, 0.1) is 0 Å².